The Balaban J connectivity index is -0.00000154. The van der Waals surface area contributed by atoms with Gasteiger partial charge in [0.1, 0.15) is 82.5 Å². The summed E-state index contributed by atoms with van der Waals surface area (Å²) >= 11 is 0. The van der Waals surface area contributed by atoms with Gasteiger partial charge in [-0.15, -0.1) is 0 Å². The van der Waals surface area contributed by atoms with Crippen molar-refractivity contribution in [2.45, 2.75) is 244 Å². The lowest BCUT2D eigenvalue weighted by atomic mass is 9.94. The number of Topliss-reactive ketones (excluding diaryl/α,β-unsaturated/α-hetero) is 8. The van der Waals surface area contributed by atoms with Gasteiger partial charge in [-0.1, -0.05) is 0 Å². The highest BCUT2D eigenvalue weighted by atomic mass is 16.4. The lowest BCUT2D eigenvalue weighted by Crippen LogP contribution is -2.42. The van der Waals surface area contributed by atoms with E-state index in [-0.39, 0.29) is 164 Å². The summed E-state index contributed by atoms with van der Waals surface area (Å²) < 4.78 is 0. The Bertz CT molecular complexity index is 3250. The molecule has 0 aromatic heterocycles. The van der Waals surface area contributed by atoms with Gasteiger partial charge in [-0.3, -0.25) is 67.1 Å². The normalized spacial score (nSPS) is 13.7. The van der Waals surface area contributed by atoms with Crippen molar-refractivity contribution in [3.8, 4) is 0 Å². The third-order valence-electron chi connectivity index (χ3n) is 15.8. The SMILES string of the molecule is CC(=O)CC[C@H](CC(=O)CC[C@H](NC(=O)CC[C@H](CC(C)=O)C(=O)O)C(=O)O)C(=O)O.CC(=O)CC[C@H](NC(=O)CC[C@H](CC(=O)CC[C@H](NC(=O)CC[C@H](CC(C)=O)C(=O)O)C(=O)O)C(=O)O)C(=O)O.CC(=O)CC[C@H](NC(=O)CC[C@H](CC(=O)CC[C@H](NC(=O)CC[C@H](N)C(=O)O)C(=O)O)C(=O)O)C(=O)O. The Morgan fingerprint density at radius 3 is 0.565 bits per heavy atom. The molecule has 606 valence electrons. The predicted molar refractivity (Wildman–Crippen MR) is 362 cm³/mol. The maximum Gasteiger partial charge on any atom is 0.326 e. The summed E-state index contributed by atoms with van der Waals surface area (Å²) in [5, 5.41) is 112. The topological polar surface area (TPSA) is 718 Å². The van der Waals surface area contributed by atoms with Crippen molar-refractivity contribution in [1.29, 1.82) is 0 Å². The first-order chi connectivity index (χ1) is 50.0. The molecule has 108 heavy (non-hydrogen) atoms. The molecule has 0 unspecified atom stereocenters. The van der Waals surface area contributed by atoms with Crippen LogP contribution in [0.2, 0.25) is 0 Å². The molecular formula is C67H98N6O35. The van der Waals surface area contributed by atoms with Crippen LogP contribution in [0, 0.1) is 29.6 Å². The summed E-state index contributed by atoms with van der Waals surface area (Å²) in [6.45, 7) is 6.25. The molecule has 0 fully saturated rings. The Morgan fingerprint density at radius 1 is 0.213 bits per heavy atom. The van der Waals surface area contributed by atoms with Gasteiger partial charge in [0.2, 0.25) is 29.5 Å². The van der Waals surface area contributed by atoms with Crippen molar-refractivity contribution in [1.82, 2.24) is 26.6 Å². The van der Waals surface area contributed by atoms with Crippen LogP contribution in [0.1, 0.15) is 208 Å². The Morgan fingerprint density at radius 2 is 0.389 bits per heavy atom. The van der Waals surface area contributed by atoms with Gasteiger partial charge < -0.3 is 112 Å². The molecule has 41 heteroatoms. The van der Waals surface area contributed by atoms with E-state index < -0.39 is 217 Å². The molecular weight excluding hydrogens is 1450 g/mol. The third kappa shape index (κ3) is 51.1. The van der Waals surface area contributed by atoms with Crippen LogP contribution in [0.25, 0.3) is 0 Å². The van der Waals surface area contributed by atoms with Crippen LogP contribution < -0.4 is 32.3 Å². The number of hydrogen-bond acceptors (Lipinski definition) is 25. The highest BCUT2D eigenvalue weighted by molar-refractivity contribution is 5.92. The number of carbonyl (C=O) groups excluding carboxylic acids is 13. The van der Waals surface area contributed by atoms with Crippen LogP contribution in [0.3, 0.4) is 0 Å². The highest BCUT2D eigenvalue weighted by Crippen LogP contribution is 2.20. The van der Waals surface area contributed by atoms with Crippen molar-refractivity contribution < 1.29 is 171 Å². The summed E-state index contributed by atoms with van der Waals surface area (Å²) in [5.74, 6) is -27.9. The number of amides is 5. The fourth-order valence-corrected chi connectivity index (χ4v) is 9.63. The van der Waals surface area contributed by atoms with E-state index in [2.05, 4.69) is 26.6 Å². The zero-order valence-corrected chi connectivity index (χ0v) is 60.2. The number of nitrogens with two attached hydrogens (primary N) is 1. The molecule has 0 aromatic carbocycles. The first kappa shape index (κ1) is 101. The number of ketones is 8. The third-order valence-corrected chi connectivity index (χ3v) is 15.8. The Labute approximate surface area is 617 Å². The van der Waals surface area contributed by atoms with Crippen LogP contribution in [0.5, 0.6) is 0 Å². The van der Waals surface area contributed by atoms with E-state index in [1.165, 1.54) is 34.6 Å². The van der Waals surface area contributed by atoms with Crippen LogP contribution in [0.15, 0.2) is 0 Å². The zero-order valence-electron chi connectivity index (χ0n) is 60.2. The van der Waals surface area contributed by atoms with Gasteiger partial charge in [0.15, 0.2) is 0 Å². The van der Waals surface area contributed by atoms with E-state index in [1.54, 1.807) is 0 Å². The largest absolute Gasteiger partial charge is 0.481 e. The summed E-state index contributed by atoms with van der Waals surface area (Å²) in [6, 6.07) is -8.37. The minimum atomic E-state index is -1.51. The molecule has 0 aromatic rings. The second-order valence-electron chi connectivity index (χ2n) is 25.5. The molecule has 0 radical (unpaired) electrons. The number of nitrogens with one attached hydrogen (secondary N) is 5. The van der Waals surface area contributed by atoms with Crippen molar-refractivity contribution in [3.05, 3.63) is 0 Å². The van der Waals surface area contributed by atoms with Crippen LogP contribution in [-0.4, -0.2) is 234 Å². The summed E-state index contributed by atoms with van der Waals surface area (Å²) in [6.07, 6.45) is -7.51. The van der Waals surface area contributed by atoms with Crippen molar-refractivity contribution >= 4 is 141 Å². The minimum Gasteiger partial charge on any atom is -0.481 e. The molecule has 0 rings (SSSR count). The smallest absolute Gasteiger partial charge is 0.326 e. The summed E-state index contributed by atoms with van der Waals surface area (Å²) in [7, 11) is 0. The quantitative estimate of drug-likeness (QED) is 0.0378. The number of carboxylic acids is 11. The fourth-order valence-electron chi connectivity index (χ4n) is 9.63. The molecule has 0 saturated heterocycles. The standard InChI is InChI=1S/C25H36N2O13.C22H33N3O12.C20H29NO10/c1-13(28)3-7-18(24(37)38)26-21(32)10-5-16(23(35)36)12-17(30)6-8-19(25(39)40)27-20(31)9-4-15(22(33)34)11-14(2)29;1-11(26)2-6-15(21(34)35)24-17(28)8-3-12(19(30)31)10-13(27)4-7-16(22(36)37)25-18(29)9-5-14(23)20(32)33;1-11(22)3-4-14(19(28)29)10-15(24)6-7-16(20(30)31)21-17(25)8-5-13(18(26)27)9-12(2)23/h15-16,18-19H,3-12H2,1-2H3,(H,26,32)(H,27,31)(H,33,34)(H,35,36)(H,37,38)(H,39,40);12,14-16H,2-10,23H2,1H3,(H,24,28)(H,25,29)(H,30,31)(H,32,33)(H,34,35)(H,36,37);13-14,16H,3-10H2,1-2H3,(H,21,25)(H,26,27)(H,28,29)(H,30,31)/t15-,16-,18+,19+;12-,14+,15+,16+;13-,14-,16+/m111/s1. The molecule has 0 aliphatic rings. The second-order valence-corrected chi connectivity index (χ2v) is 25.5. The number of rotatable bonds is 59. The van der Waals surface area contributed by atoms with Crippen molar-refractivity contribution in [2.24, 2.45) is 35.3 Å². The molecule has 0 aliphatic carbocycles. The molecule has 0 spiro atoms. The first-order valence-corrected chi connectivity index (χ1v) is 33.7. The average Bonchev–Trinajstić information content (AvgIpc) is 0.916. The van der Waals surface area contributed by atoms with E-state index in [4.69, 9.17) is 36.4 Å². The van der Waals surface area contributed by atoms with Gasteiger partial charge in [0, 0.05) is 103 Å². The molecule has 0 saturated carbocycles. The number of carbonyl (C=O) groups is 24. The van der Waals surface area contributed by atoms with E-state index >= 15 is 0 Å². The number of hydrogen-bond donors (Lipinski definition) is 17. The maximum atomic E-state index is 12.3. The van der Waals surface area contributed by atoms with E-state index in [0.29, 0.717) is 0 Å². The molecule has 0 heterocycles. The van der Waals surface area contributed by atoms with Crippen LogP contribution >= 0.6 is 0 Å². The van der Waals surface area contributed by atoms with Gasteiger partial charge in [-0.05, 0) is 105 Å². The van der Waals surface area contributed by atoms with E-state index in [9.17, 15) is 141 Å². The maximum absolute atomic E-state index is 12.3. The molecule has 0 bridgehead atoms. The highest BCUT2D eigenvalue weighted by Gasteiger charge is 2.32. The van der Waals surface area contributed by atoms with Crippen LogP contribution in [-0.2, 0) is 115 Å². The van der Waals surface area contributed by atoms with Crippen LogP contribution in [0.4, 0.5) is 0 Å². The predicted octanol–water partition coefficient (Wildman–Crippen LogP) is -0.0929. The summed E-state index contributed by atoms with van der Waals surface area (Å²) in [4.78, 5) is 276. The Kier molecular flexibility index (Phi) is 50.9. The van der Waals surface area contributed by atoms with Crippen molar-refractivity contribution in [3.63, 3.8) is 0 Å². The minimum absolute atomic E-state index is 0.000505. The lowest BCUT2D eigenvalue weighted by molar-refractivity contribution is -0.145. The average molecular weight is 1550 g/mol. The monoisotopic (exact) mass is 1550 g/mol. The molecule has 5 amide bonds. The second kappa shape index (κ2) is 54.4. The lowest BCUT2D eigenvalue weighted by Gasteiger charge is -2.17. The van der Waals surface area contributed by atoms with Gasteiger partial charge in [-0.2, -0.15) is 0 Å². The fraction of sp³-hybridized carbons (Fsp3) is 0.642. The molecule has 0 aliphatic heterocycles. The number of aliphatic carboxylic acids is 11. The molecule has 18 N–H and O–H groups in total. The van der Waals surface area contributed by atoms with Crippen molar-refractivity contribution in [2.75, 3.05) is 0 Å². The van der Waals surface area contributed by atoms with Gasteiger partial charge in [-0.25, -0.2) is 24.0 Å². The van der Waals surface area contributed by atoms with Gasteiger partial charge in [0.05, 0.1) is 29.6 Å². The Hall–Kier alpha value is -11.2. The summed E-state index contributed by atoms with van der Waals surface area (Å²) in [5.41, 5.74) is 5.28. The first-order valence-electron chi connectivity index (χ1n) is 33.7. The van der Waals surface area contributed by atoms with E-state index in [1.807, 2.05) is 0 Å². The number of carboxylic acid groups (broad SMARTS) is 11. The molecule has 41 nitrogen and oxygen atoms in total. The molecule has 11 atom stereocenters. The van der Waals surface area contributed by atoms with Gasteiger partial charge in [0.25, 0.3) is 0 Å². The zero-order chi connectivity index (χ0) is 83.8. The van der Waals surface area contributed by atoms with E-state index in [0.717, 1.165) is 0 Å². The van der Waals surface area contributed by atoms with Gasteiger partial charge >= 0.3 is 65.7 Å².